The van der Waals surface area contributed by atoms with E-state index in [-0.39, 0.29) is 11.8 Å². The number of hydrogen-bond acceptors (Lipinski definition) is 3. The second-order valence-electron chi connectivity index (χ2n) is 3.96. The van der Waals surface area contributed by atoms with Gasteiger partial charge in [0.25, 0.3) is 0 Å². The lowest BCUT2D eigenvalue weighted by Crippen LogP contribution is -2.31. The molecule has 1 heterocycles. The van der Waals surface area contributed by atoms with Gasteiger partial charge in [0.2, 0.25) is 10.0 Å². The summed E-state index contributed by atoms with van der Waals surface area (Å²) in [5.74, 6) is 0.220. The van der Waals surface area contributed by atoms with Gasteiger partial charge in [-0.25, -0.2) is 8.42 Å². The van der Waals surface area contributed by atoms with Crippen molar-refractivity contribution >= 4 is 21.4 Å². The first-order chi connectivity index (χ1) is 7.38. The Morgan fingerprint density at radius 3 is 2.50 bits per heavy atom. The van der Waals surface area contributed by atoms with Gasteiger partial charge < -0.3 is 0 Å². The minimum absolute atomic E-state index is 0.0738. The molecule has 3 nitrogen and oxygen atoms in total. The highest BCUT2D eigenvalue weighted by Crippen LogP contribution is 2.28. The Kier molecular flexibility index (Phi) is 4.52. The Morgan fingerprint density at radius 2 is 2.06 bits per heavy atom. The Morgan fingerprint density at radius 1 is 1.44 bits per heavy atom. The second kappa shape index (κ2) is 5.29. The lowest BCUT2D eigenvalue weighted by atomic mass is 10.3. The molecule has 5 heteroatoms. The van der Waals surface area contributed by atoms with Crippen molar-refractivity contribution in [2.24, 2.45) is 0 Å². The fourth-order valence-corrected chi connectivity index (χ4v) is 3.94. The standard InChI is InChI=1S/C11H19NO2S2/c1-5-8-16(13,14)12(4)10(3)11-7-6-9(2)15-11/h6-7,10H,5,8H2,1-4H3. The van der Waals surface area contributed by atoms with E-state index in [2.05, 4.69) is 0 Å². The van der Waals surface area contributed by atoms with Crippen LogP contribution < -0.4 is 0 Å². The average Bonchev–Trinajstić information content (AvgIpc) is 2.62. The molecular weight excluding hydrogens is 242 g/mol. The molecule has 16 heavy (non-hydrogen) atoms. The topological polar surface area (TPSA) is 37.4 Å². The Labute approximate surface area is 102 Å². The molecular formula is C11H19NO2S2. The molecule has 0 aliphatic rings. The molecule has 0 aromatic carbocycles. The van der Waals surface area contributed by atoms with E-state index in [0.29, 0.717) is 6.42 Å². The number of aryl methyl sites for hydroxylation is 1. The predicted molar refractivity (Wildman–Crippen MR) is 69.3 cm³/mol. The van der Waals surface area contributed by atoms with E-state index in [1.165, 1.54) is 9.18 Å². The van der Waals surface area contributed by atoms with E-state index in [1.54, 1.807) is 18.4 Å². The summed E-state index contributed by atoms with van der Waals surface area (Å²) in [6.45, 7) is 5.84. The quantitative estimate of drug-likeness (QED) is 0.817. The van der Waals surface area contributed by atoms with Crippen LogP contribution in [0.5, 0.6) is 0 Å². The fourth-order valence-electron chi connectivity index (χ4n) is 1.50. The van der Waals surface area contributed by atoms with Crippen LogP contribution in [-0.2, 0) is 10.0 Å². The van der Waals surface area contributed by atoms with Crippen molar-refractivity contribution in [1.82, 2.24) is 4.31 Å². The van der Waals surface area contributed by atoms with Crippen LogP contribution in [0.15, 0.2) is 12.1 Å². The Hall–Kier alpha value is -0.390. The monoisotopic (exact) mass is 261 g/mol. The molecule has 0 aliphatic heterocycles. The van der Waals surface area contributed by atoms with Crippen molar-refractivity contribution in [1.29, 1.82) is 0 Å². The van der Waals surface area contributed by atoms with Crippen molar-refractivity contribution in [3.63, 3.8) is 0 Å². The zero-order valence-corrected chi connectivity index (χ0v) is 11.9. The number of rotatable bonds is 5. The summed E-state index contributed by atoms with van der Waals surface area (Å²) in [5, 5.41) is 0. The molecule has 0 saturated heterocycles. The van der Waals surface area contributed by atoms with Gasteiger partial charge in [0, 0.05) is 16.8 Å². The largest absolute Gasteiger partial charge is 0.214 e. The van der Waals surface area contributed by atoms with Gasteiger partial charge in [-0.2, -0.15) is 4.31 Å². The normalized spacial score (nSPS) is 14.3. The van der Waals surface area contributed by atoms with Crippen LogP contribution in [0.25, 0.3) is 0 Å². The van der Waals surface area contributed by atoms with Crippen molar-refractivity contribution in [3.8, 4) is 0 Å². The molecule has 0 spiro atoms. The molecule has 1 rings (SSSR count). The molecule has 0 N–H and O–H groups in total. The summed E-state index contributed by atoms with van der Waals surface area (Å²) in [6, 6.07) is 3.95. The van der Waals surface area contributed by atoms with Gasteiger partial charge in [-0.05, 0) is 32.4 Å². The van der Waals surface area contributed by atoms with Crippen LogP contribution in [0.2, 0.25) is 0 Å². The van der Waals surface area contributed by atoms with Crippen molar-refractivity contribution < 1.29 is 8.42 Å². The van der Waals surface area contributed by atoms with Crippen LogP contribution in [-0.4, -0.2) is 25.5 Å². The molecule has 0 radical (unpaired) electrons. The van der Waals surface area contributed by atoms with Crippen LogP contribution in [0, 0.1) is 6.92 Å². The van der Waals surface area contributed by atoms with E-state index in [9.17, 15) is 8.42 Å². The zero-order chi connectivity index (χ0) is 12.3. The molecule has 0 bridgehead atoms. The third kappa shape index (κ3) is 3.06. The van der Waals surface area contributed by atoms with E-state index in [4.69, 9.17) is 0 Å². The molecule has 1 unspecified atom stereocenters. The molecule has 0 saturated carbocycles. The van der Waals surface area contributed by atoms with Crippen LogP contribution in [0.4, 0.5) is 0 Å². The van der Waals surface area contributed by atoms with Crippen molar-refractivity contribution in [2.75, 3.05) is 12.8 Å². The van der Waals surface area contributed by atoms with Gasteiger partial charge >= 0.3 is 0 Å². The van der Waals surface area contributed by atoms with Crippen molar-refractivity contribution in [3.05, 3.63) is 21.9 Å². The molecule has 0 amide bonds. The van der Waals surface area contributed by atoms with Crippen LogP contribution in [0.3, 0.4) is 0 Å². The van der Waals surface area contributed by atoms with E-state index < -0.39 is 10.0 Å². The predicted octanol–water partition coefficient (Wildman–Crippen LogP) is 2.79. The van der Waals surface area contributed by atoms with Gasteiger partial charge in [0.15, 0.2) is 0 Å². The zero-order valence-electron chi connectivity index (χ0n) is 10.2. The summed E-state index contributed by atoms with van der Waals surface area (Å²) >= 11 is 1.65. The summed E-state index contributed by atoms with van der Waals surface area (Å²) in [4.78, 5) is 2.31. The highest BCUT2D eigenvalue weighted by molar-refractivity contribution is 7.89. The number of nitrogens with zero attached hydrogens (tertiary/aromatic N) is 1. The number of sulfonamides is 1. The van der Waals surface area contributed by atoms with Crippen LogP contribution >= 0.6 is 11.3 Å². The third-order valence-electron chi connectivity index (χ3n) is 2.62. The SMILES string of the molecule is CCCS(=O)(=O)N(C)C(C)c1ccc(C)s1. The minimum atomic E-state index is -3.11. The smallest absolute Gasteiger partial charge is 0.212 e. The first-order valence-electron chi connectivity index (χ1n) is 5.40. The molecule has 0 fully saturated rings. The van der Waals surface area contributed by atoms with Gasteiger partial charge in [0.05, 0.1) is 11.8 Å². The van der Waals surface area contributed by atoms with Gasteiger partial charge in [-0.3, -0.25) is 0 Å². The molecule has 1 atom stereocenters. The third-order valence-corrected chi connectivity index (χ3v) is 5.91. The highest BCUT2D eigenvalue weighted by atomic mass is 32.2. The van der Waals surface area contributed by atoms with E-state index in [1.807, 2.05) is 32.9 Å². The van der Waals surface area contributed by atoms with Crippen molar-refractivity contribution in [2.45, 2.75) is 33.2 Å². The molecule has 92 valence electrons. The number of hydrogen-bond donors (Lipinski definition) is 0. The summed E-state index contributed by atoms with van der Waals surface area (Å²) in [5.41, 5.74) is 0. The average molecular weight is 261 g/mol. The summed E-state index contributed by atoms with van der Waals surface area (Å²) in [6.07, 6.45) is 0.656. The second-order valence-corrected chi connectivity index (χ2v) is 7.42. The molecule has 1 aromatic rings. The lowest BCUT2D eigenvalue weighted by molar-refractivity contribution is 0.402. The highest BCUT2D eigenvalue weighted by Gasteiger charge is 2.24. The number of thiophene rings is 1. The van der Waals surface area contributed by atoms with Gasteiger partial charge in [-0.15, -0.1) is 11.3 Å². The maximum Gasteiger partial charge on any atom is 0.214 e. The van der Waals surface area contributed by atoms with Gasteiger partial charge in [-0.1, -0.05) is 6.92 Å². The van der Waals surface area contributed by atoms with Gasteiger partial charge in [0.1, 0.15) is 0 Å². The molecule has 1 aromatic heterocycles. The Bertz CT molecular complexity index is 437. The lowest BCUT2D eigenvalue weighted by Gasteiger charge is -2.23. The maximum absolute atomic E-state index is 11.9. The maximum atomic E-state index is 11.9. The minimum Gasteiger partial charge on any atom is -0.212 e. The molecule has 0 aliphatic carbocycles. The van der Waals surface area contributed by atoms with E-state index >= 15 is 0 Å². The summed E-state index contributed by atoms with van der Waals surface area (Å²) < 4.78 is 25.2. The first-order valence-corrected chi connectivity index (χ1v) is 7.83. The summed E-state index contributed by atoms with van der Waals surface area (Å²) in [7, 11) is -1.45. The van der Waals surface area contributed by atoms with Crippen LogP contribution in [0.1, 0.15) is 36.1 Å². The van der Waals surface area contributed by atoms with E-state index in [0.717, 1.165) is 4.88 Å². The first kappa shape index (κ1) is 13.7. The fraction of sp³-hybridized carbons (Fsp3) is 0.636. The Balaban J connectivity index is 2.86.